The monoisotopic (exact) mass is 256 g/mol. The topological polar surface area (TPSA) is 55.2 Å². The molecule has 0 aromatic heterocycles. The summed E-state index contributed by atoms with van der Waals surface area (Å²) in [5.74, 6) is 0.684. The number of nitro benzene ring substituents is 1. The van der Waals surface area contributed by atoms with E-state index in [0.717, 1.165) is 25.1 Å². The van der Waals surface area contributed by atoms with E-state index in [1.54, 1.807) is 6.07 Å². The number of anilines is 1. The molecule has 0 aliphatic rings. The van der Waals surface area contributed by atoms with Crippen molar-refractivity contribution in [1.82, 2.24) is 0 Å². The van der Waals surface area contributed by atoms with Crippen LogP contribution in [0.2, 0.25) is 5.02 Å². The highest BCUT2D eigenvalue weighted by Gasteiger charge is 2.08. The molecule has 0 aliphatic heterocycles. The number of benzene rings is 1. The Kier molecular flexibility index (Phi) is 5.22. The molecule has 0 radical (unpaired) electrons. The summed E-state index contributed by atoms with van der Waals surface area (Å²) in [4.78, 5) is 10.1. The fourth-order valence-electron chi connectivity index (χ4n) is 1.49. The first kappa shape index (κ1) is 13.8. The van der Waals surface area contributed by atoms with Gasteiger partial charge in [0.15, 0.2) is 0 Å². The Morgan fingerprint density at radius 2 is 2.18 bits per heavy atom. The Bertz CT molecular complexity index is 394. The van der Waals surface area contributed by atoms with Crippen molar-refractivity contribution >= 4 is 23.0 Å². The van der Waals surface area contributed by atoms with Gasteiger partial charge in [0.2, 0.25) is 0 Å². The van der Waals surface area contributed by atoms with Gasteiger partial charge in [-0.25, -0.2) is 0 Å². The normalized spacial score (nSPS) is 10.6. The third-order valence-electron chi connectivity index (χ3n) is 2.44. The summed E-state index contributed by atoms with van der Waals surface area (Å²) in [6.45, 7) is 5.19. The molecule has 0 amide bonds. The Hall–Kier alpha value is -1.29. The number of hydrogen-bond donors (Lipinski definition) is 1. The predicted octanol–water partition coefficient (Wildman–Crippen LogP) is 4.10. The second-order valence-electron chi connectivity index (χ2n) is 4.38. The molecule has 1 N–H and O–H groups in total. The molecule has 0 saturated heterocycles. The van der Waals surface area contributed by atoms with Crippen LogP contribution in [-0.2, 0) is 0 Å². The number of nitro groups is 1. The van der Waals surface area contributed by atoms with Crippen LogP contribution in [-0.4, -0.2) is 11.5 Å². The summed E-state index contributed by atoms with van der Waals surface area (Å²) >= 11 is 5.95. The Morgan fingerprint density at radius 1 is 1.47 bits per heavy atom. The van der Waals surface area contributed by atoms with E-state index in [9.17, 15) is 10.1 Å². The van der Waals surface area contributed by atoms with E-state index in [2.05, 4.69) is 19.2 Å². The van der Waals surface area contributed by atoms with E-state index in [1.165, 1.54) is 12.1 Å². The summed E-state index contributed by atoms with van der Waals surface area (Å²) in [6, 6.07) is 4.47. The van der Waals surface area contributed by atoms with E-state index in [0.29, 0.717) is 10.9 Å². The van der Waals surface area contributed by atoms with Gasteiger partial charge in [-0.15, -0.1) is 0 Å². The molecule has 0 bridgehead atoms. The third-order valence-corrected chi connectivity index (χ3v) is 2.75. The zero-order valence-corrected chi connectivity index (χ0v) is 10.8. The van der Waals surface area contributed by atoms with Gasteiger partial charge in [0.1, 0.15) is 0 Å². The molecule has 1 aromatic carbocycles. The Morgan fingerprint density at radius 3 is 2.71 bits per heavy atom. The molecule has 0 fully saturated rings. The van der Waals surface area contributed by atoms with Crippen LogP contribution in [0.1, 0.15) is 26.7 Å². The van der Waals surface area contributed by atoms with Gasteiger partial charge in [-0.1, -0.05) is 25.4 Å². The Labute approximate surface area is 106 Å². The van der Waals surface area contributed by atoms with Crippen LogP contribution in [0.3, 0.4) is 0 Å². The van der Waals surface area contributed by atoms with Gasteiger partial charge in [0.25, 0.3) is 5.69 Å². The third kappa shape index (κ3) is 4.61. The second-order valence-corrected chi connectivity index (χ2v) is 4.79. The maximum Gasteiger partial charge on any atom is 0.271 e. The van der Waals surface area contributed by atoms with E-state index < -0.39 is 4.92 Å². The molecule has 0 spiro atoms. The van der Waals surface area contributed by atoms with E-state index in [1.807, 2.05) is 0 Å². The standard InChI is InChI=1S/C12H17ClN2O2/c1-9(2)4-3-7-14-12-6-5-10(15(16)17)8-11(12)13/h5-6,8-9,14H,3-4,7H2,1-2H3. The molecule has 0 aliphatic carbocycles. The lowest BCUT2D eigenvalue weighted by Crippen LogP contribution is -2.03. The van der Waals surface area contributed by atoms with Crippen molar-refractivity contribution < 1.29 is 4.92 Å². The fourth-order valence-corrected chi connectivity index (χ4v) is 1.74. The summed E-state index contributed by atoms with van der Waals surface area (Å²) in [7, 11) is 0. The van der Waals surface area contributed by atoms with Crippen LogP contribution >= 0.6 is 11.6 Å². The van der Waals surface area contributed by atoms with Gasteiger partial charge in [-0.2, -0.15) is 0 Å². The maximum absolute atomic E-state index is 10.5. The molecule has 0 unspecified atom stereocenters. The molecule has 1 aromatic rings. The highest BCUT2D eigenvalue weighted by molar-refractivity contribution is 6.33. The molecule has 5 heteroatoms. The molecule has 0 atom stereocenters. The minimum Gasteiger partial charge on any atom is -0.384 e. The van der Waals surface area contributed by atoms with Crippen LogP contribution in [0.15, 0.2) is 18.2 Å². The molecule has 17 heavy (non-hydrogen) atoms. The summed E-state index contributed by atoms with van der Waals surface area (Å²) < 4.78 is 0. The molecule has 0 saturated carbocycles. The molecule has 1 rings (SSSR count). The average Bonchev–Trinajstić information content (AvgIpc) is 2.25. The van der Waals surface area contributed by atoms with E-state index in [4.69, 9.17) is 11.6 Å². The van der Waals surface area contributed by atoms with Gasteiger partial charge < -0.3 is 5.32 Å². The minimum atomic E-state index is -0.450. The highest BCUT2D eigenvalue weighted by Crippen LogP contribution is 2.26. The van der Waals surface area contributed by atoms with Crippen molar-refractivity contribution in [2.75, 3.05) is 11.9 Å². The summed E-state index contributed by atoms with van der Waals surface area (Å²) in [6.07, 6.45) is 2.21. The number of hydrogen-bond acceptors (Lipinski definition) is 3. The van der Waals surface area contributed by atoms with Crippen LogP contribution < -0.4 is 5.32 Å². The van der Waals surface area contributed by atoms with Gasteiger partial charge >= 0.3 is 0 Å². The number of rotatable bonds is 6. The number of non-ortho nitro benzene ring substituents is 1. The van der Waals surface area contributed by atoms with E-state index in [-0.39, 0.29) is 5.69 Å². The molecular weight excluding hydrogens is 240 g/mol. The van der Waals surface area contributed by atoms with Gasteiger partial charge in [-0.05, 0) is 24.8 Å². The van der Waals surface area contributed by atoms with Crippen LogP contribution in [0.4, 0.5) is 11.4 Å². The van der Waals surface area contributed by atoms with Crippen molar-refractivity contribution in [3.05, 3.63) is 33.3 Å². The van der Waals surface area contributed by atoms with Crippen molar-refractivity contribution in [3.8, 4) is 0 Å². The highest BCUT2D eigenvalue weighted by atomic mass is 35.5. The van der Waals surface area contributed by atoms with Crippen LogP contribution in [0.25, 0.3) is 0 Å². The fraction of sp³-hybridized carbons (Fsp3) is 0.500. The van der Waals surface area contributed by atoms with Crippen LogP contribution in [0.5, 0.6) is 0 Å². The van der Waals surface area contributed by atoms with Gasteiger partial charge in [0.05, 0.1) is 15.6 Å². The first-order valence-corrected chi connectivity index (χ1v) is 6.06. The molecular formula is C12H17ClN2O2. The first-order chi connectivity index (χ1) is 8.00. The lowest BCUT2D eigenvalue weighted by molar-refractivity contribution is -0.384. The Balaban J connectivity index is 2.52. The van der Waals surface area contributed by atoms with E-state index >= 15 is 0 Å². The molecule has 4 nitrogen and oxygen atoms in total. The zero-order valence-electron chi connectivity index (χ0n) is 10.1. The maximum atomic E-state index is 10.5. The molecule has 0 heterocycles. The summed E-state index contributed by atoms with van der Waals surface area (Å²) in [5.41, 5.74) is 0.767. The summed E-state index contributed by atoms with van der Waals surface area (Å²) in [5, 5.41) is 14.1. The SMILES string of the molecule is CC(C)CCCNc1ccc([N+](=O)[O-])cc1Cl. The largest absolute Gasteiger partial charge is 0.384 e. The number of nitrogens with one attached hydrogen (secondary N) is 1. The second kappa shape index (κ2) is 6.45. The lowest BCUT2D eigenvalue weighted by atomic mass is 10.1. The molecule has 94 valence electrons. The van der Waals surface area contributed by atoms with Gasteiger partial charge in [-0.3, -0.25) is 10.1 Å². The number of nitrogens with zero attached hydrogens (tertiary/aromatic N) is 1. The quantitative estimate of drug-likeness (QED) is 0.474. The van der Waals surface area contributed by atoms with Crippen molar-refractivity contribution in [1.29, 1.82) is 0 Å². The zero-order chi connectivity index (χ0) is 12.8. The lowest BCUT2D eigenvalue weighted by Gasteiger charge is -2.09. The van der Waals surface area contributed by atoms with Gasteiger partial charge in [0, 0.05) is 18.7 Å². The van der Waals surface area contributed by atoms with Crippen molar-refractivity contribution in [2.24, 2.45) is 5.92 Å². The first-order valence-electron chi connectivity index (χ1n) is 5.68. The van der Waals surface area contributed by atoms with Crippen molar-refractivity contribution in [3.63, 3.8) is 0 Å². The smallest absolute Gasteiger partial charge is 0.271 e. The van der Waals surface area contributed by atoms with Crippen LogP contribution in [0, 0.1) is 16.0 Å². The van der Waals surface area contributed by atoms with Crippen molar-refractivity contribution in [2.45, 2.75) is 26.7 Å². The number of halogens is 1. The minimum absolute atomic E-state index is 0.0164. The average molecular weight is 257 g/mol. The predicted molar refractivity (Wildman–Crippen MR) is 70.7 cm³/mol.